The van der Waals surface area contributed by atoms with Gasteiger partial charge in [0.05, 0.1) is 16.8 Å². The van der Waals surface area contributed by atoms with Crippen molar-refractivity contribution in [3.05, 3.63) is 97.3 Å². The molecular weight excluding hydrogens is 450 g/mol. The van der Waals surface area contributed by atoms with Crippen LogP contribution in [0.25, 0.3) is 28.0 Å². The highest BCUT2D eigenvalue weighted by Crippen LogP contribution is 2.26. The molecule has 0 aliphatic heterocycles. The molecule has 170 valence electrons. The molecule has 2 aromatic carbocycles. The first-order valence-electron chi connectivity index (χ1n) is 10.8. The van der Waals surface area contributed by atoms with Gasteiger partial charge in [-0.25, -0.2) is 4.68 Å². The Morgan fingerprint density at radius 1 is 1.03 bits per heavy atom. The van der Waals surface area contributed by atoms with Crippen LogP contribution in [0.2, 0.25) is 0 Å². The summed E-state index contributed by atoms with van der Waals surface area (Å²) >= 11 is 1.13. The van der Waals surface area contributed by atoms with Crippen LogP contribution in [0, 0.1) is 6.92 Å². The van der Waals surface area contributed by atoms with Crippen LogP contribution in [-0.2, 0) is 0 Å². The van der Waals surface area contributed by atoms with Gasteiger partial charge in [-0.2, -0.15) is 19.7 Å². The van der Waals surface area contributed by atoms with E-state index in [4.69, 9.17) is 9.84 Å². The molecule has 3 aromatic heterocycles. The molecule has 0 fully saturated rings. The summed E-state index contributed by atoms with van der Waals surface area (Å²) in [7, 11) is 0. The summed E-state index contributed by atoms with van der Waals surface area (Å²) in [6.45, 7) is 4.26. The number of aryl methyl sites for hydroxylation is 1. The molecule has 0 bridgehead atoms. The molecule has 0 unspecified atom stereocenters. The van der Waals surface area contributed by atoms with Gasteiger partial charge < -0.3 is 4.74 Å². The van der Waals surface area contributed by atoms with Crippen molar-refractivity contribution in [3.8, 4) is 22.7 Å². The maximum atomic E-state index is 13.0. The van der Waals surface area contributed by atoms with Crippen molar-refractivity contribution >= 4 is 22.4 Å². The number of thiazole rings is 1. The normalized spacial score (nSPS) is 11.9. The minimum atomic E-state index is -0.434. The number of rotatable bonds is 6. The first-order valence-corrected chi connectivity index (χ1v) is 11.7. The van der Waals surface area contributed by atoms with Gasteiger partial charge in [0.15, 0.2) is 0 Å². The average molecular weight is 472 g/mol. The molecule has 0 amide bonds. The van der Waals surface area contributed by atoms with Crippen LogP contribution in [0.3, 0.4) is 0 Å². The van der Waals surface area contributed by atoms with Gasteiger partial charge >= 0.3 is 0 Å². The Kier molecular flexibility index (Phi) is 5.77. The van der Waals surface area contributed by atoms with E-state index in [-0.39, 0.29) is 16.2 Å². The lowest BCUT2D eigenvalue weighted by Crippen LogP contribution is -2.27. The van der Waals surface area contributed by atoms with Crippen molar-refractivity contribution in [1.82, 2.24) is 24.4 Å². The molecule has 0 spiro atoms. The quantitative estimate of drug-likeness (QED) is 0.378. The SMILES string of the molecule is CCCOc1ccc(-c2nn(-c3ccccc3)cc2C=c2sc3nc(=O)c(C)nn3c2=O)cc1. The van der Waals surface area contributed by atoms with Gasteiger partial charge in [0, 0.05) is 17.3 Å². The van der Waals surface area contributed by atoms with E-state index in [0.29, 0.717) is 11.1 Å². The van der Waals surface area contributed by atoms with Crippen molar-refractivity contribution in [1.29, 1.82) is 0 Å². The van der Waals surface area contributed by atoms with Gasteiger partial charge in [-0.15, -0.1) is 0 Å². The molecule has 0 N–H and O–H groups in total. The lowest BCUT2D eigenvalue weighted by Gasteiger charge is -2.05. The molecule has 3 heterocycles. The standard InChI is InChI=1S/C25H21N5O3S/c1-3-13-33-20-11-9-17(10-12-20)22-18(15-29(28-22)19-7-5-4-6-8-19)14-21-24(32)30-25(34-21)26-23(31)16(2)27-30/h4-12,14-15H,3,13H2,1-2H3. The zero-order valence-corrected chi connectivity index (χ0v) is 19.5. The van der Waals surface area contributed by atoms with Gasteiger partial charge in [-0.05, 0) is 55.8 Å². The van der Waals surface area contributed by atoms with Crippen LogP contribution >= 0.6 is 11.3 Å². The second-order valence-corrected chi connectivity index (χ2v) is 8.71. The molecule has 0 aliphatic carbocycles. The lowest BCUT2D eigenvalue weighted by molar-refractivity contribution is 0.317. The van der Waals surface area contributed by atoms with Crippen molar-refractivity contribution < 1.29 is 4.74 Å². The largest absolute Gasteiger partial charge is 0.494 e. The summed E-state index contributed by atoms with van der Waals surface area (Å²) in [6.07, 6.45) is 4.59. The molecule has 0 radical (unpaired) electrons. The Balaban J connectivity index is 1.66. The molecule has 0 saturated heterocycles. The summed E-state index contributed by atoms with van der Waals surface area (Å²) < 4.78 is 9.07. The van der Waals surface area contributed by atoms with Crippen molar-refractivity contribution in [2.24, 2.45) is 0 Å². The van der Waals surface area contributed by atoms with Gasteiger partial charge in [-0.3, -0.25) is 9.59 Å². The van der Waals surface area contributed by atoms with Crippen LogP contribution in [0.1, 0.15) is 24.6 Å². The number of ether oxygens (including phenoxy) is 1. The number of hydrogen-bond acceptors (Lipinski definition) is 7. The number of hydrogen-bond donors (Lipinski definition) is 0. The molecule has 0 atom stereocenters. The highest BCUT2D eigenvalue weighted by Gasteiger charge is 2.14. The molecule has 5 rings (SSSR count). The summed E-state index contributed by atoms with van der Waals surface area (Å²) in [4.78, 5) is 29.1. The summed E-state index contributed by atoms with van der Waals surface area (Å²) in [5, 5.41) is 8.90. The monoisotopic (exact) mass is 471 g/mol. The highest BCUT2D eigenvalue weighted by atomic mass is 32.1. The molecule has 0 aliphatic rings. The molecule has 34 heavy (non-hydrogen) atoms. The molecule has 8 nitrogen and oxygen atoms in total. The third kappa shape index (κ3) is 4.13. The summed E-state index contributed by atoms with van der Waals surface area (Å²) in [5.41, 5.74) is 2.69. The van der Waals surface area contributed by atoms with Crippen LogP contribution in [0.15, 0.2) is 70.4 Å². The van der Waals surface area contributed by atoms with Gasteiger partial charge in [-0.1, -0.05) is 36.5 Å². The Morgan fingerprint density at radius 2 is 1.79 bits per heavy atom. The predicted molar refractivity (Wildman–Crippen MR) is 132 cm³/mol. The van der Waals surface area contributed by atoms with E-state index in [1.54, 1.807) is 10.8 Å². The van der Waals surface area contributed by atoms with E-state index in [1.165, 1.54) is 11.4 Å². The van der Waals surface area contributed by atoms with E-state index in [0.717, 1.165) is 46.0 Å². The Bertz CT molecular complexity index is 1640. The summed E-state index contributed by atoms with van der Waals surface area (Å²) in [5.74, 6) is 0.794. The second kappa shape index (κ2) is 9.03. The van der Waals surface area contributed by atoms with Crippen LogP contribution in [0.4, 0.5) is 0 Å². The fraction of sp³-hybridized carbons (Fsp3) is 0.160. The van der Waals surface area contributed by atoms with E-state index in [1.807, 2.05) is 60.8 Å². The van der Waals surface area contributed by atoms with Crippen LogP contribution in [-0.4, -0.2) is 31.0 Å². The number of para-hydroxylation sites is 1. The van der Waals surface area contributed by atoms with Gasteiger partial charge in [0.2, 0.25) is 4.96 Å². The molecule has 0 saturated carbocycles. The average Bonchev–Trinajstić information content (AvgIpc) is 3.40. The van der Waals surface area contributed by atoms with E-state index >= 15 is 0 Å². The maximum absolute atomic E-state index is 13.0. The van der Waals surface area contributed by atoms with Crippen molar-refractivity contribution in [2.45, 2.75) is 20.3 Å². The van der Waals surface area contributed by atoms with Crippen LogP contribution < -0.4 is 20.4 Å². The molecular formula is C25H21N5O3S. The van der Waals surface area contributed by atoms with Crippen LogP contribution in [0.5, 0.6) is 5.75 Å². The van der Waals surface area contributed by atoms with Gasteiger partial charge in [0.25, 0.3) is 11.1 Å². The minimum Gasteiger partial charge on any atom is -0.494 e. The molecule has 9 heteroatoms. The van der Waals surface area contributed by atoms with Crippen molar-refractivity contribution in [2.75, 3.05) is 6.61 Å². The predicted octanol–water partition coefficient (Wildman–Crippen LogP) is 3.01. The van der Waals surface area contributed by atoms with E-state index in [9.17, 15) is 9.59 Å². The van der Waals surface area contributed by atoms with Gasteiger partial charge in [0.1, 0.15) is 17.1 Å². The van der Waals surface area contributed by atoms with Crippen molar-refractivity contribution in [3.63, 3.8) is 0 Å². The fourth-order valence-corrected chi connectivity index (χ4v) is 4.38. The number of nitrogens with zero attached hydrogens (tertiary/aromatic N) is 5. The van der Waals surface area contributed by atoms with E-state index < -0.39 is 5.56 Å². The second-order valence-electron chi connectivity index (χ2n) is 7.70. The minimum absolute atomic E-state index is 0.182. The van der Waals surface area contributed by atoms with E-state index in [2.05, 4.69) is 17.0 Å². The highest BCUT2D eigenvalue weighted by molar-refractivity contribution is 7.15. The topological polar surface area (TPSA) is 91.4 Å². The number of aromatic nitrogens is 5. The Hall–Kier alpha value is -4.11. The lowest BCUT2D eigenvalue weighted by atomic mass is 10.1. The first-order chi connectivity index (χ1) is 16.5. The smallest absolute Gasteiger partial charge is 0.295 e. The zero-order valence-electron chi connectivity index (χ0n) is 18.6. The first kappa shape index (κ1) is 21.7. The zero-order chi connectivity index (χ0) is 23.7. The fourth-order valence-electron chi connectivity index (χ4n) is 3.49. The number of fused-ring (bicyclic) bond motifs is 1. The number of benzene rings is 2. The third-order valence-corrected chi connectivity index (χ3v) is 6.15. The Labute approximate surface area is 198 Å². The maximum Gasteiger partial charge on any atom is 0.295 e. The third-order valence-electron chi connectivity index (χ3n) is 5.19. The summed E-state index contributed by atoms with van der Waals surface area (Å²) in [6, 6.07) is 17.5. The molecule has 5 aromatic rings. The Morgan fingerprint density at radius 3 is 2.53 bits per heavy atom.